The first-order valence-corrected chi connectivity index (χ1v) is 6.45. The zero-order chi connectivity index (χ0) is 15.2. The Balaban J connectivity index is 1.84. The molecule has 0 fully saturated rings. The highest BCUT2D eigenvalue weighted by Crippen LogP contribution is 2.17. The van der Waals surface area contributed by atoms with Gasteiger partial charge in [-0.3, -0.25) is 4.79 Å². The number of carbonyl (C=O) groups excluding carboxylic acids is 1. The number of hydrogen-bond acceptors (Lipinski definition) is 2. The Kier molecular flexibility index (Phi) is 4.87. The molecule has 0 bridgehead atoms. The van der Waals surface area contributed by atoms with Crippen LogP contribution in [0.15, 0.2) is 42.5 Å². The van der Waals surface area contributed by atoms with Crippen molar-refractivity contribution in [2.45, 2.75) is 13.5 Å². The molecular weight excluding hydrogens is 276 g/mol. The van der Waals surface area contributed by atoms with Crippen LogP contribution >= 0.6 is 0 Å². The highest BCUT2D eigenvalue weighted by atomic mass is 19.1. The molecule has 0 saturated heterocycles. The van der Waals surface area contributed by atoms with Crippen molar-refractivity contribution in [3.05, 3.63) is 65.2 Å². The summed E-state index contributed by atoms with van der Waals surface area (Å²) >= 11 is 0. The van der Waals surface area contributed by atoms with Gasteiger partial charge in [-0.25, -0.2) is 8.78 Å². The number of aryl methyl sites for hydroxylation is 1. The smallest absolute Gasteiger partial charge is 0.258 e. The van der Waals surface area contributed by atoms with E-state index in [-0.39, 0.29) is 18.3 Å². The van der Waals surface area contributed by atoms with Gasteiger partial charge in [0, 0.05) is 12.6 Å². The molecule has 2 aromatic rings. The van der Waals surface area contributed by atoms with E-state index in [0.29, 0.717) is 12.6 Å². The molecule has 2 rings (SSSR count). The quantitative estimate of drug-likeness (QED) is 0.919. The Morgan fingerprint density at radius 2 is 1.95 bits per heavy atom. The molecule has 1 amide bonds. The molecule has 1 N–H and O–H groups in total. The molecule has 0 unspecified atom stereocenters. The minimum Gasteiger partial charge on any atom is -0.481 e. The molecular formula is C16H15F2NO2. The first-order valence-electron chi connectivity index (χ1n) is 6.45. The van der Waals surface area contributed by atoms with Gasteiger partial charge in [0.05, 0.1) is 0 Å². The zero-order valence-electron chi connectivity index (χ0n) is 11.5. The Labute approximate surface area is 121 Å². The van der Waals surface area contributed by atoms with Crippen LogP contribution in [0.5, 0.6) is 5.75 Å². The lowest BCUT2D eigenvalue weighted by atomic mass is 10.1. The van der Waals surface area contributed by atoms with Crippen LogP contribution < -0.4 is 10.1 Å². The molecule has 21 heavy (non-hydrogen) atoms. The standard InChI is InChI=1S/C16H15F2NO2/c1-11-4-2-3-5-12(11)9-19-16(20)10-21-15-7-6-13(17)8-14(15)18/h2-8H,9-10H2,1H3,(H,19,20). The third kappa shape index (κ3) is 4.27. The molecule has 110 valence electrons. The predicted octanol–water partition coefficient (Wildman–Crippen LogP) is 2.97. The summed E-state index contributed by atoms with van der Waals surface area (Å²) in [5.74, 6) is -2.05. The van der Waals surface area contributed by atoms with Crippen molar-refractivity contribution >= 4 is 5.91 Å². The maximum absolute atomic E-state index is 13.3. The first kappa shape index (κ1) is 15.0. The molecule has 0 radical (unpaired) electrons. The average molecular weight is 291 g/mol. The van der Waals surface area contributed by atoms with Crippen LogP contribution in [-0.2, 0) is 11.3 Å². The van der Waals surface area contributed by atoms with Gasteiger partial charge in [-0.2, -0.15) is 0 Å². The van der Waals surface area contributed by atoms with E-state index in [1.54, 1.807) is 0 Å². The van der Waals surface area contributed by atoms with Gasteiger partial charge in [-0.05, 0) is 30.2 Å². The first-order chi connectivity index (χ1) is 10.1. The van der Waals surface area contributed by atoms with Crippen LogP contribution in [0, 0.1) is 18.6 Å². The third-order valence-electron chi connectivity index (χ3n) is 2.99. The van der Waals surface area contributed by atoms with Crippen LogP contribution in [0.1, 0.15) is 11.1 Å². The minimum absolute atomic E-state index is 0.151. The zero-order valence-corrected chi connectivity index (χ0v) is 11.5. The SMILES string of the molecule is Cc1ccccc1CNC(=O)COc1ccc(F)cc1F. The predicted molar refractivity (Wildman–Crippen MR) is 74.9 cm³/mol. The molecule has 0 saturated carbocycles. The maximum Gasteiger partial charge on any atom is 0.258 e. The molecule has 5 heteroatoms. The van der Waals surface area contributed by atoms with Gasteiger partial charge < -0.3 is 10.1 Å². The van der Waals surface area contributed by atoms with Crippen molar-refractivity contribution in [2.75, 3.05) is 6.61 Å². The number of rotatable bonds is 5. The summed E-state index contributed by atoms with van der Waals surface area (Å²) in [7, 11) is 0. The number of halogens is 2. The van der Waals surface area contributed by atoms with Crippen LogP contribution in [0.2, 0.25) is 0 Å². The number of benzene rings is 2. The summed E-state index contributed by atoms with van der Waals surface area (Å²) in [5.41, 5.74) is 2.07. The second-order valence-electron chi connectivity index (χ2n) is 4.57. The van der Waals surface area contributed by atoms with Crippen molar-refractivity contribution in [2.24, 2.45) is 0 Å². The number of amides is 1. The minimum atomic E-state index is -0.832. The number of carbonyl (C=O) groups is 1. The topological polar surface area (TPSA) is 38.3 Å². The highest BCUT2D eigenvalue weighted by molar-refractivity contribution is 5.77. The number of hydrogen-bond donors (Lipinski definition) is 1. The summed E-state index contributed by atoms with van der Waals surface area (Å²) in [4.78, 5) is 11.6. The summed E-state index contributed by atoms with van der Waals surface area (Å²) in [5, 5.41) is 2.68. The van der Waals surface area contributed by atoms with Gasteiger partial charge >= 0.3 is 0 Å². The van der Waals surface area contributed by atoms with Crippen molar-refractivity contribution in [1.29, 1.82) is 0 Å². The van der Waals surface area contributed by atoms with Gasteiger partial charge in [-0.15, -0.1) is 0 Å². The van der Waals surface area contributed by atoms with Gasteiger partial charge in [0.25, 0.3) is 5.91 Å². The normalized spacial score (nSPS) is 10.2. The Morgan fingerprint density at radius 1 is 1.19 bits per heavy atom. The summed E-state index contributed by atoms with van der Waals surface area (Å²) in [6.07, 6.45) is 0. The fraction of sp³-hybridized carbons (Fsp3) is 0.188. The third-order valence-corrected chi connectivity index (χ3v) is 2.99. The largest absolute Gasteiger partial charge is 0.481 e. The van der Waals surface area contributed by atoms with E-state index in [1.807, 2.05) is 31.2 Å². The lowest BCUT2D eigenvalue weighted by Gasteiger charge is -2.09. The van der Waals surface area contributed by atoms with E-state index in [2.05, 4.69) is 5.32 Å². The lowest BCUT2D eigenvalue weighted by Crippen LogP contribution is -2.28. The molecule has 0 aliphatic heterocycles. The molecule has 0 aliphatic rings. The highest BCUT2D eigenvalue weighted by Gasteiger charge is 2.08. The van der Waals surface area contributed by atoms with E-state index >= 15 is 0 Å². The molecule has 0 spiro atoms. The van der Waals surface area contributed by atoms with E-state index in [9.17, 15) is 13.6 Å². The Morgan fingerprint density at radius 3 is 2.67 bits per heavy atom. The van der Waals surface area contributed by atoms with Gasteiger partial charge in [0.15, 0.2) is 18.2 Å². The molecule has 0 aromatic heterocycles. The molecule has 0 aliphatic carbocycles. The molecule has 2 aromatic carbocycles. The molecule has 0 atom stereocenters. The van der Waals surface area contributed by atoms with Gasteiger partial charge in [0.1, 0.15) is 5.82 Å². The van der Waals surface area contributed by atoms with Crippen LogP contribution in [0.25, 0.3) is 0 Å². The van der Waals surface area contributed by atoms with Crippen molar-refractivity contribution in [1.82, 2.24) is 5.32 Å². The van der Waals surface area contributed by atoms with E-state index < -0.39 is 11.6 Å². The van der Waals surface area contributed by atoms with Crippen molar-refractivity contribution in [3.63, 3.8) is 0 Å². The number of nitrogens with one attached hydrogen (secondary N) is 1. The molecule has 0 heterocycles. The van der Waals surface area contributed by atoms with Crippen LogP contribution in [-0.4, -0.2) is 12.5 Å². The summed E-state index contributed by atoms with van der Waals surface area (Å²) in [6, 6.07) is 10.6. The van der Waals surface area contributed by atoms with Crippen LogP contribution in [0.4, 0.5) is 8.78 Å². The van der Waals surface area contributed by atoms with Gasteiger partial charge in [0.2, 0.25) is 0 Å². The van der Waals surface area contributed by atoms with Crippen molar-refractivity contribution < 1.29 is 18.3 Å². The maximum atomic E-state index is 13.3. The molecule has 3 nitrogen and oxygen atoms in total. The van der Waals surface area contributed by atoms with E-state index in [4.69, 9.17) is 4.74 Å². The van der Waals surface area contributed by atoms with Crippen LogP contribution in [0.3, 0.4) is 0 Å². The second-order valence-corrected chi connectivity index (χ2v) is 4.57. The monoisotopic (exact) mass is 291 g/mol. The average Bonchev–Trinajstić information content (AvgIpc) is 2.45. The van der Waals surface area contributed by atoms with Gasteiger partial charge in [-0.1, -0.05) is 24.3 Å². The Bertz CT molecular complexity index is 644. The summed E-state index contributed by atoms with van der Waals surface area (Å²) in [6.45, 7) is 2.00. The lowest BCUT2D eigenvalue weighted by molar-refractivity contribution is -0.123. The fourth-order valence-corrected chi connectivity index (χ4v) is 1.79. The second kappa shape index (κ2) is 6.83. The van der Waals surface area contributed by atoms with Crippen molar-refractivity contribution in [3.8, 4) is 5.75 Å². The number of ether oxygens (including phenoxy) is 1. The fourth-order valence-electron chi connectivity index (χ4n) is 1.79. The van der Waals surface area contributed by atoms with E-state index in [1.165, 1.54) is 0 Å². The van der Waals surface area contributed by atoms with E-state index in [0.717, 1.165) is 23.3 Å². The Hall–Kier alpha value is -2.43. The summed E-state index contributed by atoms with van der Waals surface area (Å²) < 4.78 is 31.0.